The highest BCUT2D eigenvalue weighted by atomic mass is 35.5. The van der Waals surface area contributed by atoms with Gasteiger partial charge in [0, 0.05) is 18.5 Å². The Hall–Kier alpha value is -1.20. The van der Waals surface area contributed by atoms with Crippen LogP contribution in [0.25, 0.3) is 0 Å². The van der Waals surface area contributed by atoms with Gasteiger partial charge in [-0.1, -0.05) is 6.07 Å². The molecule has 6 heteroatoms. The minimum absolute atomic E-state index is 0. The molecule has 1 aromatic carbocycles. The molecule has 3 nitrogen and oxygen atoms in total. The molecule has 0 spiro atoms. The molecular weight excluding hydrogens is 286 g/mol. The van der Waals surface area contributed by atoms with Crippen molar-refractivity contribution in [3.63, 3.8) is 0 Å². The number of amides is 1. The van der Waals surface area contributed by atoms with Gasteiger partial charge in [0.25, 0.3) is 0 Å². The molecule has 1 saturated carbocycles. The Kier molecular flexibility index (Phi) is 6.36. The van der Waals surface area contributed by atoms with Gasteiger partial charge in [-0.3, -0.25) is 4.79 Å². The van der Waals surface area contributed by atoms with Crippen LogP contribution in [0.15, 0.2) is 18.2 Å². The summed E-state index contributed by atoms with van der Waals surface area (Å²) in [5.74, 6) is -1.51. The molecule has 0 heterocycles. The molecule has 0 aromatic heterocycles. The number of rotatable bonds is 6. The normalized spacial score (nSPS) is 20.1. The third-order valence-electron chi connectivity index (χ3n) is 3.42. The minimum atomic E-state index is -0.593. The van der Waals surface area contributed by atoms with Crippen LogP contribution in [-0.4, -0.2) is 19.0 Å². The van der Waals surface area contributed by atoms with E-state index in [-0.39, 0.29) is 30.2 Å². The van der Waals surface area contributed by atoms with E-state index in [0.29, 0.717) is 25.1 Å². The Balaban J connectivity index is 0.00000200. The monoisotopic (exact) mass is 304 g/mol. The first kappa shape index (κ1) is 16.9. The molecule has 1 aromatic rings. The summed E-state index contributed by atoms with van der Waals surface area (Å²) in [6.07, 6.45) is 2.36. The number of carbonyl (C=O) groups excluding carboxylic acids is 1. The predicted octanol–water partition coefficient (Wildman–Crippen LogP) is 2.35. The molecular formula is C14H19ClF2N2O. The second-order valence-electron chi connectivity index (χ2n) is 4.90. The minimum Gasteiger partial charge on any atom is -0.356 e. The average Bonchev–Trinajstić information content (AvgIpc) is 3.14. The summed E-state index contributed by atoms with van der Waals surface area (Å²) in [4.78, 5) is 11.8. The van der Waals surface area contributed by atoms with Crippen molar-refractivity contribution in [1.82, 2.24) is 5.32 Å². The number of carbonyl (C=O) groups is 1. The van der Waals surface area contributed by atoms with E-state index in [2.05, 4.69) is 5.32 Å². The lowest BCUT2D eigenvalue weighted by Gasteiger charge is -2.05. The van der Waals surface area contributed by atoms with E-state index < -0.39 is 11.6 Å². The lowest BCUT2D eigenvalue weighted by atomic mass is 10.1. The lowest BCUT2D eigenvalue weighted by Crippen LogP contribution is -2.26. The number of benzene rings is 1. The molecule has 112 valence electrons. The maximum atomic E-state index is 13.5. The molecule has 1 fully saturated rings. The number of nitrogens with two attached hydrogens (primary N) is 1. The van der Waals surface area contributed by atoms with Gasteiger partial charge >= 0.3 is 0 Å². The molecule has 1 aliphatic rings. The molecule has 0 radical (unpaired) electrons. The molecule has 2 unspecified atom stereocenters. The standard InChI is InChI=1S/C14H18F2N2O.ClH/c15-9-3-4-10(13(16)7-9)11-8-12(11)14(19)18-6-2-1-5-17;/h3-4,7,11-12H,1-2,5-6,8,17H2,(H,18,19);1H. The van der Waals surface area contributed by atoms with E-state index in [1.807, 2.05) is 0 Å². The highest BCUT2D eigenvalue weighted by Crippen LogP contribution is 2.48. The van der Waals surface area contributed by atoms with Crippen molar-refractivity contribution in [3.8, 4) is 0 Å². The van der Waals surface area contributed by atoms with Gasteiger partial charge in [-0.25, -0.2) is 8.78 Å². The molecule has 0 bridgehead atoms. The van der Waals surface area contributed by atoms with E-state index in [1.54, 1.807) is 0 Å². The largest absolute Gasteiger partial charge is 0.356 e. The van der Waals surface area contributed by atoms with Crippen LogP contribution in [0.3, 0.4) is 0 Å². The fraction of sp³-hybridized carbons (Fsp3) is 0.500. The van der Waals surface area contributed by atoms with Crippen molar-refractivity contribution in [1.29, 1.82) is 0 Å². The van der Waals surface area contributed by atoms with Crippen LogP contribution >= 0.6 is 12.4 Å². The maximum Gasteiger partial charge on any atom is 0.223 e. The molecule has 0 aliphatic heterocycles. The summed E-state index contributed by atoms with van der Waals surface area (Å²) in [7, 11) is 0. The van der Waals surface area contributed by atoms with Crippen LogP contribution in [0.4, 0.5) is 8.78 Å². The second kappa shape index (κ2) is 7.55. The van der Waals surface area contributed by atoms with Gasteiger partial charge in [0.1, 0.15) is 11.6 Å². The third kappa shape index (κ3) is 4.15. The fourth-order valence-electron chi connectivity index (χ4n) is 2.24. The molecule has 3 N–H and O–H groups in total. The van der Waals surface area contributed by atoms with Gasteiger partial charge in [-0.05, 0) is 43.4 Å². The van der Waals surface area contributed by atoms with Crippen molar-refractivity contribution in [3.05, 3.63) is 35.4 Å². The number of nitrogens with one attached hydrogen (secondary N) is 1. The molecule has 2 atom stereocenters. The van der Waals surface area contributed by atoms with Crippen LogP contribution < -0.4 is 11.1 Å². The predicted molar refractivity (Wildman–Crippen MR) is 75.8 cm³/mol. The first-order valence-corrected chi connectivity index (χ1v) is 6.56. The summed E-state index contributed by atoms with van der Waals surface area (Å²) in [6, 6.07) is 3.52. The van der Waals surface area contributed by atoms with Crippen LogP contribution in [0.2, 0.25) is 0 Å². The Morgan fingerprint density at radius 3 is 2.75 bits per heavy atom. The average molecular weight is 305 g/mol. The Bertz CT molecular complexity index is 470. The Morgan fingerprint density at radius 1 is 1.35 bits per heavy atom. The number of halogens is 3. The Labute approximate surface area is 123 Å². The van der Waals surface area contributed by atoms with Crippen molar-refractivity contribution in [2.45, 2.75) is 25.2 Å². The van der Waals surface area contributed by atoms with Crippen molar-refractivity contribution < 1.29 is 13.6 Å². The highest BCUT2D eigenvalue weighted by molar-refractivity contribution is 5.85. The number of unbranched alkanes of at least 4 members (excludes halogenated alkanes) is 1. The van der Waals surface area contributed by atoms with Gasteiger partial charge in [0.15, 0.2) is 0 Å². The summed E-state index contributed by atoms with van der Waals surface area (Å²) in [5, 5.41) is 2.82. The smallest absolute Gasteiger partial charge is 0.223 e. The maximum absolute atomic E-state index is 13.5. The van der Waals surface area contributed by atoms with Crippen molar-refractivity contribution >= 4 is 18.3 Å². The zero-order chi connectivity index (χ0) is 13.8. The van der Waals surface area contributed by atoms with Crippen LogP contribution in [-0.2, 0) is 4.79 Å². The molecule has 1 amide bonds. The van der Waals surface area contributed by atoms with E-state index in [4.69, 9.17) is 5.73 Å². The summed E-state index contributed by atoms with van der Waals surface area (Å²) in [6.45, 7) is 1.22. The first-order chi connectivity index (χ1) is 9.13. The van der Waals surface area contributed by atoms with Gasteiger partial charge in [-0.15, -0.1) is 12.4 Å². The zero-order valence-electron chi connectivity index (χ0n) is 11.1. The lowest BCUT2D eigenvalue weighted by molar-refractivity contribution is -0.122. The zero-order valence-corrected chi connectivity index (χ0v) is 11.9. The first-order valence-electron chi connectivity index (χ1n) is 6.56. The number of hydrogen-bond donors (Lipinski definition) is 2. The third-order valence-corrected chi connectivity index (χ3v) is 3.42. The summed E-state index contributed by atoms with van der Waals surface area (Å²) in [5.41, 5.74) is 5.79. The highest BCUT2D eigenvalue weighted by Gasteiger charge is 2.45. The van der Waals surface area contributed by atoms with E-state index >= 15 is 0 Å². The summed E-state index contributed by atoms with van der Waals surface area (Å²) >= 11 is 0. The van der Waals surface area contributed by atoms with Gasteiger partial charge in [0.2, 0.25) is 5.91 Å². The molecule has 2 rings (SSSR count). The fourth-order valence-corrected chi connectivity index (χ4v) is 2.24. The molecule has 0 saturated heterocycles. The van der Waals surface area contributed by atoms with E-state index in [9.17, 15) is 13.6 Å². The van der Waals surface area contributed by atoms with E-state index in [1.165, 1.54) is 12.1 Å². The quantitative estimate of drug-likeness (QED) is 0.793. The SMILES string of the molecule is Cl.NCCCCNC(=O)C1CC1c1ccc(F)cc1F. The van der Waals surface area contributed by atoms with Crippen LogP contribution in [0, 0.1) is 17.6 Å². The van der Waals surface area contributed by atoms with Gasteiger partial charge in [0.05, 0.1) is 0 Å². The van der Waals surface area contributed by atoms with E-state index in [0.717, 1.165) is 18.9 Å². The van der Waals surface area contributed by atoms with Crippen molar-refractivity contribution in [2.75, 3.05) is 13.1 Å². The van der Waals surface area contributed by atoms with Crippen LogP contribution in [0.5, 0.6) is 0 Å². The number of hydrogen-bond acceptors (Lipinski definition) is 2. The second-order valence-corrected chi connectivity index (χ2v) is 4.90. The van der Waals surface area contributed by atoms with Crippen molar-refractivity contribution in [2.24, 2.45) is 11.7 Å². The summed E-state index contributed by atoms with van der Waals surface area (Å²) < 4.78 is 26.3. The van der Waals surface area contributed by atoms with Gasteiger partial charge < -0.3 is 11.1 Å². The molecule has 1 aliphatic carbocycles. The Morgan fingerprint density at radius 2 is 2.10 bits per heavy atom. The van der Waals surface area contributed by atoms with Crippen LogP contribution in [0.1, 0.15) is 30.7 Å². The molecule has 20 heavy (non-hydrogen) atoms. The van der Waals surface area contributed by atoms with Gasteiger partial charge in [-0.2, -0.15) is 0 Å². The topological polar surface area (TPSA) is 55.1 Å².